The number of benzene rings is 2. The first-order valence-electron chi connectivity index (χ1n) is 11.5. The van der Waals surface area contributed by atoms with E-state index in [0.717, 1.165) is 49.8 Å². The molecule has 170 valence electrons. The van der Waals surface area contributed by atoms with E-state index in [4.69, 9.17) is 4.74 Å². The molecule has 2 aliphatic rings. The second-order valence-corrected chi connectivity index (χ2v) is 10.4. The van der Waals surface area contributed by atoms with Crippen LogP contribution in [0.1, 0.15) is 37.0 Å². The Hall–Kier alpha value is -2.71. The Bertz CT molecular complexity index is 1350. The number of morpholine rings is 1. The molecule has 0 radical (unpaired) electrons. The van der Waals surface area contributed by atoms with Crippen LogP contribution in [0.2, 0.25) is 0 Å². The maximum atomic E-state index is 13.4. The number of rotatable bonds is 4. The quantitative estimate of drug-likeness (QED) is 0.421. The Balaban J connectivity index is 1.53. The molecule has 4 aromatic rings. The van der Waals surface area contributed by atoms with Crippen molar-refractivity contribution in [3.63, 3.8) is 0 Å². The number of hydrogen-bond acceptors (Lipinski definition) is 4. The molecule has 2 aromatic heterocycles. The summed E-state index contributed by atoms with van der Waals surface area (Å²) in [5, 5.41) is 9.40. The van der Waals surface area contributed by atoms with Gasteiger partial charge < -0.3 is 14.2 Å². The van der Waals surface area contributed by atoms with Crippen LogP contribution in [0.4, 0.5) is 0 Å². The minimum absolute atomic E-state index is 0.0459. The number of nitrogens with zero attached hydrogens (tertiary/aromatic N) is 4. The third-order valence-electron chi connectivity index (χ3n) is 6.68. The van der Waals surface area contributed by atoms with Gasteiger partial charge in [0.05, 0.1) is 17.7 Å². The number of nitrogens with one attached hydrogen (secondary N) is 1. The van der Waals surface area contributed by atoms with Crippen LogP contribution in [0.5, 0.6) is 0 Å². The summed E-state index contributed by atoms with van der Waals surface area (Å²) in [6, 6.07) is 10.4. The minimum atomic E-state index is 0.0459. The Morgan fingerprint density at radius 3 is 2.64 bits per heavy atom. The van der Waals surface area contributed by atoms with E-state index in [-0.39, 0.29) is 18.1 Å². The predicted molar refractivity (Wildman–Crippen MR) is 131 cm³/mol. The van der Waals surface area contributed by atoms with E-state index in [1.807, 2.05) is 24.8 Å². The van der Waals surface area contributed by atoms with Crippen LogP contribution in [-0.4, -0.2) is 55.9 Å². The standard InChI is InChI=1S/C25H26BrN5O2/c1-14-10-30(11-15(2)33-14)25(32)17-5-6-19-20-8-18(26)9-21(24-27-13-28-29-24)23(20)31(22(19)7-17)12-16-3-4-16/h5-9,13-16H,3-4,10-12H2,1-2H3,(H,27,28,29)/t14-,15+. The molecule has 1 N–H and O–H groups in total. The zero-order chi connectivity index (χ0) is 22.7. The highest BCUT2D eigenvalue weighted by atomic mass is 79.9. The summed E-state index contributed by atoms with van der Waals surface area (Å²) in [5.74, 6) is 1.49. The van der Waals surface area contributed by atoms with Crippen molar-refractivity contribution in [1.82, 2.24) is 24.6 Å². The second kappa shape index (κ2) is 7.95. The fourth-order valence-corrected chi connectivity index (χ4v) is 5.58. The molecule has 6 rings (SSSR count). The highest BCUT2D eigenvalue weighted by molar-refractivity contribution is 9.10. The largest absolute Gasteiger partial charge is 0.372 e. The number of H-pyrrole nitrogens is 1. The van der Waals surface area contributed by atoms with E-state index in [0.29, 0.717) is 19.0 Å². The van der Waals surface area contributed by atoms with Crippen molar-refractivity contribution in [1.29, 1.82) is 0 Å². The molecule has 0 spiro atoms. The van der Waals surface area contributed by atoms with Gasteiger partial charge >= 0.3 is 0 Å². The fraction of sp³-hybridized carbons (Fsp3) is 0.400. The van der Waals surface area contributed by atoms with Crippen molar-refractivity contribution < 1.29 is 9.53 Å². The number of fused-ring (bicyclic) bond motifs is 3. The van der Waals surface area contributed by atoms with Crippen LogP contribution >= 0.6 is 15.9 Å². The van der Waals surface area contributed by atoms with E-state index in [2.05, 4.69) is 59.9 Å². The van der Waals surface area contributed by atoms with E-state index in [9.17, 15) is 4.79 Å². The first kappa shape index (κ1) is 20.9. The van der Waals surface area contributed by atoms with Crippen LogP contribution in [0, 0.1) is 5.92 Å². The van der Waals surface area contributed by atoms with Gasteiger partial charge in [0.2, 0.25) is 0 Å². The molecule has 1 aliphatic carbocycles. The van der Waals surface area contributed by atoms with Crippen molar-refractivity contribution in [2.45, 2.75) is 45.4 Å². The highest BCUT2D eigenvalue weighted by Gasteiger charge is 2.29. The van der Waals surface area contributed by atoms with Gasteiger partial charge in [0.1, 0.15) is 6.33 Å². The average molecular weight is 508 g/mol. The number of amides is 1. The van der Waals surface area contributed by atoms with Crippen LogP contribution in [0.3, 0.4) is 0 Å². The number of hydrogen-bond donors (Lipinski definition) is 1. The summed E-state index contributed by atoms with van der Waals surface area (Å²) in [4.78, 5) is 19.8. The maximum Gasteiger partial charge on any atom is 0.254 e. The molecule has 1 saturated heterocycles. The Morgan fingerprint density at radius 2 is 1.94 bits per heavy atom. The third kappa shape index (κ3) is 3.75. The molecule has 8 heteroatoms. The van der Waals surface area contributed by atoms with Crippen molar-refractivity contribution in [2.24, 2.45) is 5.92 Å². The molecule has 2 fully saturated rings. The summed E-state index contributed by atoms with van der Waals surface area (Å²) >= 11 is 3.68. The van der Waals surface area contributed by atoms with Crippen molar-refractivity contribution >= 4 is 43.6 Å². The zero-order valence-electron chi connectivity index (χ0n) is 18.7. The second-order valence-electron chi connectivity index (χ2n) is 9.44. The molecule has 2 atom stereocenters. The monoisotopic (exact) mass is 507 g/mol. The van der Waals surface area contributed by atoms with Crippen LogP contribution in [0.25, 0.3) is 33.2 Å². The van der Waals surface area contributed by atoms with Crippen molar-refractivity contribution in [2.75, 3.05) is 13.1 Å². The minimum Gasteiger partial charge on any atom is -0.372 e. The van der Waals surface area contributed by atoms with Gasteiger partial charge in [0.15, 0.2) is 5.82 Å². The predicted octanol–water partition coefficient (Wildman–Crippen LogP) is 5.00. The molecule has 0 unspecified atom stereocenters. The molecule has 1 saturated carbocycles. The van der Waals surface area contributed by atoms with Gasteiger partial charge in [-0.3, -0.25) is 9.89 Å². The van der Waals surface area contributed by atoms with Crippen LogP contribution < -0.4 is 0 Å². The van der Waals surface area contributed by atoms with E-state index < -0.39 is 0 Å². The average Bonchev–Trinajstić information content (AvgIpc) is 3.34. The van der Waals surface area contributed by atoms with Gasteiger partial charge in [-0.25, -0.2) is 4.98 Å². The topological polar surface area (TPSA) is 76.0 Å². The molecule has 7 nitrogen and oxygen atoms in total. The van der Waals surface area contributed by atoms with Gasteiger partial charge in [-0.15, -0.1) is 0 Å². The van der Waals surface area contributed by atoms with E-state index in [1.54, 1.807) is 0 Å². The maximum absolute atomic E-state index is 13.4. The Kier molecular flexibility index (Phi) is 5.03. The lowest BCUT2D eigenvalue weighted by Crippen LogP contribution is -2.48. The number of aromatic amines is 1. The molecule has 1 amide bonds. The summed E-state index contributed by atoms with van der Waals surface area (Å²) in [5.41, 5.74) is 3.97. The van der Waals surface area contributed by atoms with Gasteiger partial charge in [0, 0.05) is 51.5 Å². The lowest BCUT2D eigenvalue weighted by atomic mass is 10.1. The zero-order valence-corrected chi connectivity index (χ0v) is 20.3. The molecular formula is C25H26BrN5O2. The summed E-state index contributed by atoms with van der Waals surface area (Å²) in [6.07, 6.45) is 4.13. The Labute approximate surface area is 200 Å². The number of aromatic nitrogens is 4. The Morgan fingerprint density at radius 1 is 1.15 bits per heavy atom. The number of ether oxygens (including phenoxy) is 1. The smallest absolute Gasteiger partial charge is 0.254 e. The van der Waals surface area contributed by atoms with Crippen molar-refractivity contribution in [3.8, 4) is 11.4 Å². The van der Waals surface area contributed by atoms with E-state index in [1.165, 1.54) is 19.2 Å². The van der Waals surface area contributed by atoms with Crippen LogP contribution in [-0.2, 0) is 11.3 Å². The molecule has 33 heavy (non-hydrogen) atoms. The molecular weight excluding hydrogens is 482 g/mol. The summed E-state index contributed by atoms with van der Waals surface area (Å²) in [6.45, 7) is 6.22. The van der Waals surface area contributed by atoms with Gasteiger partial charge in [0.25, 0.3) is 5.91 Å². The van der Waals surface area contributed by atoms with Crippen molar-refractivity contribution in [3.05, 3.63) is 46.7 Å². The number of carbonyl (C=O) groups is 1. The number of carbonyl (C=O) groups excluding carboxylic acids is 1. The van der Waals surface area contributed by atoms with Gasteiger partial charge in [-0.2, -0.15) is 5.10 Å². The van der Waals surface area contributed by atoms with Gasteiger partial charge in [-0.1, -0.05) is 22.0 Å². The first-order chi connectivity index (χ1) is 16.0. The highest BCUT2D eigenvalue weighted by Crippen LogP contribution is 2.40. The molecule has 0 bridgehead atoms. The fourth-order valence-electron chi connectivity index (χ4n) is 5.12. The molecule has 2 aromatic carbocycles. The number of halogens is 1. The molecule has 1 aliphatic heterocycles. The first-order valence-corrected chi connectivity index (χ1v) is 12.3. The van der Waals surface area contributed by atoms with Crippen LogP contribution in [0.15, 0.2) is 41.1 Å². The van der Waals surface area contributed by atoms with E-state index >= 15 is 0 Å². The SMILES string of the molecule is C[C@@H]1CN(C(=O)c2ccc3c4cc(Br)cc(-c5ncn[nH]5)c4n(CC4CC4)c3c2)C[C@H](C)O1. The summed E-state index contributed by atoms with van der Waals surface area (Å²) in [7, 11) is 0. The lowest BCUT2D eigenvalue weighted by Gasteiger charge is -2.35. The summed E-state index contributed by atoms with van der Waals surface area (Å²) < 4.78 is 9.20. The lowest BCUT2D eigenvalue weighted by molar-refractivity contribution is -0.0586. The third-order valence-corrected chi connectivity index (χ3v) is 7.14. The molecule has 3 heterocycles. The van der Waals surface area contributed by atoms with Gasteiger partial charge in [-0.05, 0) is 56.9 Å². The normalized spacial score (nSPS) is 21.2.